The first-order chi connectivity index (χ1) is 12.5. The summed E-state index contributed by atoms with van der Waals surface area (Å²) in [5.41, 5.74) is 1.25. The summed E-state index contributed by atoms with van der Waals surface area (Å²) in [6, 6.07) is 0.742. The number of nitrogens with zero attached hydrogens (tertiary/aromatic N) is 2. The highest BCUT2D eigenvalue weighted by Crippen LogP contribution is 2.37. The lowest BCUT2D eigenvalue weighted by Crippen LogP contribution is -2.48. The molecule has 154 valence electrons. The Bertz CT molecular complexity index is 364. The summed E-state index contributed by atoms with van der Waals surface area (Å²) in [5, 5.41) is 7.17. The SMILES string of the molecule is CC.CC(C)N1CCC2(CCNC2)CC1.CN1CCC2(CCCN2)CC1. The van der Waals surface area contributed by atoms with Crippen LogP contribution in [0.15, 0.2) is 0 Å². The van der Waals surface area contributed by atoms with Crippen LogP contribution in [-0.2, 0) is 0 Å². The highest BCUT2D eigenvalue weighted by Gasteiger charge is 2.37. The molecular weight excluding hydrogens is 320 g/mol. The number of likely N-dealkylation sites (tertiary alicyclic amines) is 2. The molecule has 0 amide bonds. The Morgan fingerprint density at radius 2 is 1.46 bits per heavy atom. The normalized spacial score (nSPS) is 27.9. The zero-order valence-electron chi connectivity index (χ0n) is 18.4. The number of hydrogen-bond donors (Lipinski definition) is 2. The number of rotatable bonds is 1. The van der Waals surface area contributed by atoms with Gasteiger partial charge in [-0.3, -0.25) is 0 Å². The third-order valence-corrected chi connectivity index (χ3v) is 7.20. The van der Waals surface area contributed by atoms with Gasteiger partial charge in [-0.2, -0.15) is 0 Å². The van der Waals surface area contributed by atoms with E-state index in [1.165, 1.54) is 90.8 Å². The fraction of sp³-hybridized carbons (Fsp3) is 1.00. The molecule has 0 aromatic carbocycles. The molecule has 4 heterocycles. The van der Waals surface area contributed by atoms with E-state index in [1.54, 1.807) is 0 Å². The predicted octanol–water partition coefficient (Wildman–Crippen LogP) is 3.33. The minimum atomic E-state index is 0.562. The molecule has 0 aromatic heterocycles. The second-order valence-corrected chi connectivity index (χ2v) is 9.17. The van der Waals surface area contributed by atoms with Gasteiger partial charge in [-0.15, -0.1) is 0 Å². The Balaban J connectivity index is 0.000000173. The predicted molar refractivity (Wildman–Crippen MR) is 114 cm³/mol. The van der Waals surface area contributed by atoms with Crippen LogP contribution in [0, 0.1) is 5.41 Å². The van der Waals surface area contributed by atoms with Crippen molar-refractivity contribution in [2.45, 2.75) is 84.2 Å². The molecule has 2 spiro atoms. The maximum atomic E-state index is 3.67. The zero-order valence-corrected chi connectivity index (χ0v) is 18.4. The molecule has 4 aliphatic rings. The average Bonchev–Trinajstić information content (AvgIpc) is 3.31. The molecule has 0 aromatic rings. The van der Waals surface area contributed by atoms with Crippen molar-refractivity contribution in [3.8, 4) is 0 Å². The van der Waals surface area contributed by atoms with Crippen LogP contribution < -0.4 is 10.6 Å². The van der Waals surface area contributed by atoms with Crippen molar-refractivity contribution in [2.24, 2.45) is 5.41 Å². The van der Waals surface area contributed by atoms with E-state index in [4.69, 9.17) is 0 Å². The molecule has 0 aliphatic carbocycles. The van der Waals surface area contributed by atoms with Crippen molar-refractivity contribution in [1.82, 2.24) is 20.4 Å². The van der Waals surface area contributed by atoms with Crippen molar-refractivity contribution in [3.05, 3.63) is 0 Å². The maximum absolute atomic E-state index is 3.67. The Morgan fingerprint density at radius 3 is 1.92 bits per heavy atom. The van der Waals surface area contributed by atoms with Crippen LogP contribution in [0.1, 0.15) is 72.6 Å². The third-order valence-electron chi connectivity index (χ3n) is 7.20. The van der Waals surface area contributed by atoms with Crippen LogP contribution in [0.5, 0.6) is 0 Å². The molecule has 0 saturated carbocycles. The molecule has 2 N–H and O–H groups in total. The Hall–Kier alpha value is -0.160. The van der Waals surface area contributed by atoms with E-state index in [0.29, 0.717) is 11.0 Å². The molecule has 26 heavy (non-hydrogen) atoms. The van der Waals surface area contributed by atoms with Crippen molar-refractivity contribution in [1.29, 1.82) is 0 Å². The van der Waals surface area contributed by atoms with Crippen LogP contribution in [0.25, 0.3) is 0 Å². The summed E-state index contributed by atoms with van der Waals surface area (Å²) in [6.07, 6.45) is 9.78. The molecule has 4 fully saturated rings. The van der Waals surface area contributed by atoms with Gasteiger partial charge in [0.25, 0.3) is 0 Å². The smallest absolute Gasteiger partial charge is 0.0206 e. The van der Waals surface area contributed by atoms with E-state index < -0.39 is 0 Å². The summed E-state index contributed by atoms with van der Waals surface area (Å²) in [6.45, 7) is 17.6. The number of hydrogen-bond acceptors (Lipinski definition) is 4. The zero-order chi connectivity index (χ0) is 19.0. The molecule has 4 nitrogen and oxygen atoms in total. The average molecular weight is 367 g/mol. The first-order valence-electron chi connectivity index (χ1n) is 11.4. The van der Waals surface area contributed by atoms with E-state index in [2.05, 4.69) is 41.3 Å². The Kier molecular flexibility index (Phi) is 8.85. The molecule has 0 radical (unpaired) electrons. The second-order valence-electron chi connectivity index (χ2n) is 9.17. The van der Waals surface area contributed by atoms with Gasteiger partial charge < -0.3 is 20.4 Å². The standard InChI is InChI=1S/C11H22N2.C9H18N2.C2H6/c1-10(2)13-7-4-11(5-8-13)3-6-12-9-11;1-11-7-4-9(5-8-11)3-2-6-10-9;1-2/h10,12H,3-9H2,1-2H3;10H,2-8H2,1H3;1-2H3. The van der Waals surface area contributed by atoms with Gasteiger partial charge in [-0.1, -0.05) is 13.8 Å². The van der Waals surface area contributed by atoms with Gasteiger partial charge in [-0.25, -0.2) is 0 Å². The molecule has 0 atom stereocenters. The van der Waals surface area contributed by atoms with E-state index in [9.17, 15) is 0 Å². The van der Waals surface area contributed by atoms with Crippen molar-refractivity contribution >= 4 is 0 Å². The summed E-state index contributed by atoms with van der Waals surface area (Å²) in [5.74, 6) is 0. The molecule has 0 bridgehead atoms. The van der Waals surface area contributed by atoms with Gasteiger partial charge in [0.2, 0.25) is 0 Å². The lowest BCUT2D eigenvalue weighted by atomic mass is 9.77. The van der Waals surface area contributed by atoms with E-state index >= 15 is 0 Å². The van der Waals surface area contributed by atoms with Gasteiger partial charge in [-0.05, 0) is 111 Å². The maximum Gasteiger partial charge on any atom is 0.0206 e. The van der Waals surface area contributed by atoms with Crippen LogP contribution in [0.3, 0.4) is 0 Å². The highest BCUT2D eigenvalue weighted by molar-refractivity contribution is 4.96. The monoisotopic (exact) mass is 366 g/mol. The van der Waals surface area contributed by atoms with Crippen LogP contribution >= 0.6 is 0 Å². The topological polar surface area (TPSA) is 30.5 Å². The third kappa shape index (κ3) is 5.92. The summed E-state index contributed by atoms with van der Waals surface area (Å²) < 4.78 is 0. The Labute approximate surface area is 163 Å². The van der Waals surface area contributed by atoms with Crippen molar-refractivity contribution < 1.29 is 0 Å². The van der Waals surface area contributed by atoms with Gasteiger partial charge in [0, 0.05) is 18.1 Å². The molecule has 4 saturated heterocycles. The van der Waals surface area contributed by atoms with Gasteiger partial charge in [0.1, 0.15) is 0 Å². The fourth-order valence-electron chi connectivity index (χ4n) is 5.08. The molecule has 0 unspecified atom stereocenters. The number of nitrogens with one attached hydrogen (secondary N) is 2. The van der Waals surface area contributed by atoms with Gasteiger partial charge >= 0.3 is 0 Å². The largest absolute Gasteiger partial charge is 0.316 e. The van der Waals surface area contributed by atoms with Crippen LogP contribution in [0.2, 0.25) is 0 Å². The van der Waals surface area contributed by atoms with E-state index in [0.717, 1.165) is 6.04 Å². The number of piperidine rings is 2. The lowest BCUT2D eigenvalue weighted by molar-refractivity contribution is 0.0958. The molecular formula is C22H46N4. The summed E-state index contributed by atoms with van der Waals surface area (Å²) in [4.78, 5) is 5.05. The molecule has 4 rings (SSSR count). The van der Waals surface area contributed by atoms with E-state index in [1.807, 2.05) is 13.8 Å². The van der Waals surface area contributed by atoms with Gasteiger partial charge in [0.15, 0.2) is 0 Å². The van der Waals surface area contributed by atoms with Crippen LogP contribution in [0.4, 0.5) is 0 Å². The minimum absolute atomic E-state index is 0.562. The Morgan fingerprint density at radius 1 is 0.808 bits per heavy atom. The highest BCUT2D eigenvalue weighted by atomic mass is 15.2. The summed E-state index contributed by atoms with van der Waals surface area (Å²) in [7, 11) is 2.22. The molecule has 4 heteroatoms. The van der Waals surface area contributed by atoms with E-state index in [-0.39, 0.29) is 0 Å². The fourth-order valence-corrected chi connectivity index (χ4v) is 5.08. The van der Waals surface area contributed by atoms with Gasteiger partial charge in [0.05, 0.1) is 0 Å². The summed E-state index contributed by atoms with van der Waals surface area (Å²) >= 11 is 0. The van der Waals surface area contributed by atoms with Crippen molar-refractivity contribution in [3.63, 3.8) is 0 Å². The second kappa shape index (κ2) is 10.4. The van der Waals surface area contributed by atoms with Crippen LogP contribution in [-0.4, -0.2) is 74.2 Å². The lowest BCUT2D eigenvalue weighted by Gasteiger charge is -2.40. The van der Waals surface area contributed by atoms with Crippen molar-refractivity contribution in [2.75, 3.05) is 52.9 Å². The first-order valence-corrected chi connectivity index (χ1v) is 11.4. The quantitative estimate of drug-likeness (QED) is 0.745. The molecule has 4 aliphatic heterocycles. The minimum Gasteiger partial charge on any atom is -0.316 e. The first kappa shape index (κ1) is 22.1.